The summed E-state index contributed by atoms with van der Waals surface area (Å²) >= 11 is 11.2. The van der Waals surface area contributed by atoms with Crippen LogP contribution in [-0.2, 0) is 0 Å². The van der Waals surface area contributed by atoms with E-state index in [2.05, 4.69) is 0 Å². The number of hydrogen-bond acceptors (Lipinski definition) is 1. The minimum Gasteiger partial charge on any atom is -0.511 e. The fourth-order valence-corrected chi connectivity index (χ4v) is 1.16. The predicted octanol–water partition coefficient (Wildman–Crippen LogP) is 2.56. The smallest absolute Gasteiger partial charge is 0.110 e. The van der Waals surface area contributed by atoms with Gasteiger partial charge in [-0.15, -0.1) is 11.6 Å². The molecule has 0 saturated carbocycles. The highest BCUT2D eigenvalue weighted by Gasteiger charge is 2.13. The zero-order valence-corrected chi connectivity index (χ0v) is 6.15. The molecule has 9 heavy (non-hydrogen) atoms. The topological polar surface area (TPSA) is 20.2 Å². The average Bonchev–Trinajstić information content (AvgIpc) is 1.80. The van der Waals surface area contributed by atoms with Gasteiger partial charge < -0.3 is 5.11 Å². The average molecular weight is 165 g/mol. The second-order valence-corrected chi connectivity index (χ2v) is 2.89. The van der Waals surface area contributed by atoms with Gasteiger partial charge in [-0.2, -0.15) is 0 Å². The van der Waals surface area contributed by atoms with Crippen LogP contribution in [0.2, 0.25) is 0 Å². The van der Waals surface area contributed by atoms with Crippen molar-refractivity contribution in [2.45, 2.75) is 11.8 Å². The third-order valence-electron chi connectivity index (χ3n) is 1.13. The lowest BCUT2D eigenvalue weighted by Crippen LogP contribution is -2.05. The van der Waals surface area contributed by atoms with Crippen molar-refractivity contribution in [2.24, 2.45) is 0 Å². The van der Waals surface area contributed by atoms with E-state index in [-0.39, 0.29) is 11.1 Å². The van der Waals surface area contributed by atoms with Crippen molar-refractivity contribution in [3.63, 3.8) is 0 Å². The van der Waals surface area contributed by atoms with Crippen LogP contribution in [0.4, 0.5) is 0 Å². The Kier molecular flexibility index (Phi) is 2.04. The minimum atomic E-state index is -0.331. The van der Waals surface area contributed by atoms with Gasteiger partial charge in [0.1, 0.15) is 5.76 Å². The van der Waals surface area contributed by atoms with Crippen LogP contribution in [0.5, 0.6) is 0 Å². The molecule has 1 rings (SSSR count). The zero-order valence-electron chi connectivity index (χ0n) is 4.64. The van der Waals surface area contributed by atoms with Crippen molar-refractivity contribution in [3.8, 4) is 0 Å². The summed E-state index contributed by atoms with van der Waals surface area (Å²) < 4.78 is 0. The maximum Gasteiger partial charge on any atom is 0.110 e. The molecular weight excluding hydrogens is 159 g/mol. The van der Waals surface area contributed by atoms with Gasteiger partial charge in [-0.05, 0) is 12.2 Å². The van der Waals surface area contributed by atoms with Gasteiger partial charge in [0.25, 0.3) is 0 Å². The molecular formula is C6H6Cl2O. The number of aliphatic hydroxyl groups is 1. The van der Waals surface area contributed by atoms with Crippen molar-refractivity contribution in [2.75, 3.05) is 0 Å². The first kappa shape index (κ1) is 6.97. The second kappa shape index (κ2) is 2.63. The van der Waals surface area contributed by atoms with Crippen LogP contribution in [0.1, 0.15) is 6.42 Å². The third kappa shape index (κ3) is 1.63. The Morgan fingerprint density at radius 3 is 2.67 bits per heavy atom. The standard InChI is InChI=1S/C6H6Cl2O/c7-4-1-2-6(9)5(8)3-4/h1-2,5,9H,3H2. The number of allylic oxidation sites excluding steroid dienone is 4. The van der Waals surface area contributed by atoms with Gasteiger partial charge in [0.2, 0.25) is 0 Å². The van der Waals surface area contributed by atoms with Crippen molar-refractivity contribution < 1.29 is 5.11 Å². The molecule has 0 amide bonds. The summed E-state index contributed by atoms with van der Waals surface area (Å²) in [7, 11) is 0. The van der Waals surface area contributed by atoms with Crippen LogP contribution in [-0.4, -0.2) is 10.5 Å². The van der Waals surface area contributed by atoms with Gasteiger partial charge in [0.05, 0.1) is 5.38 Å². The van der Waals surface area contributed by atoms with E-state index >= 15 is 0 Å². The summed E-state index contributed by atoms with van der Waals surface area (Å²) in [5.41, 5.74) is 0. The first-order valence-electron chi connectivity index (χ1n) is 2.59. The summed E-state index contributed by atoms with van der Waals surface area (Å²) in [5.74, 6) is 0.195. The molecule has 0 aliphatic heterocycles. The van der Waals surface area contributed by atoms with Crippen molar-refractivity contribution in [1.29, 1.82) is 0 Å². The van der Waals surface area contributed by atoms with Crippen LogP contribution in [0.3, 0.4) is 0 Å². The maximum atomic E-state index is 8.92. The van der Waals surface area contributed by atoms with Crippen LogP contribution in [0.15, 0.2) is 22.9 Å². The normalized spacial score (nSPS) is 27.1. The van der Waals surface area contributed by atoms with Gasteiger partial charge in [-0.3, -0.25) is 0 Å². The molecule has 1 N–H and O–H groups in total. The number of rotatable bonds is 0. The van der Waals surface area contributed by atoms with Gasteiger partial charge >= 0.3 is 0 Å². The minimum absolute atomic E-state index is 0.195. The molecule has 0 aromatic rings. The summed E-state index contributed by atoms with van der Waals surface area (Å²) in [6.45, 7) is 0. The summed E-state index contributed by atoms with van der Waals surface area (Å²) in [4.78, 5) is 0. The van der Waals surface area contributed by atoms with Crippen molar-refractivity contribution in [1.82, 2.24) is 0 Å². The van der Waals surface area contributed by atoms with Gasteiger partial charge in [0, 0.05) is 11.5 Å². The molecule has 0 saturated heterocycles. The molecule has 0 fully saturated rings. The Morgan fingerprint density at radius 1 is 1.56 bits per heavy atom. The lowest BCUT2D eigenvalue weighted by atomic mass is 10.1. The monoisotopic (exact) mass is 164 g/mol. The Balaban J connectivity index is 2.74. The van der Waals surface area contributed by atoms with Crippen LogP contribution in [0, 0.1) is 0 Å². The van der Waals surface area contributed by atoms with Crippen LogP contribution >= 0.6 is 23.2 Å². The molecule has 0 aromatic heterocycles. The second-order valence-electron chi connectivity index (χ2n) is 1.88. The fraction of sp³-hybridized carbons (Fsp3) is 0.333. The summed E-state index contributed by atoms with van der Waals surface area (Å²) in [6.07, 6.45) is 3.70. The van der Waals surface area contributed by atoms with E-state index in [0.29, 0.717) is 11.5 Å². The molecule has 50 valence electrons. The van der Waals surface area contributed by atoms with E-state index in [1.807, 2.05) is 0 Å². The SMILES string of the molecule is OC1=CC=C(Cl)CC1Cl. The van der Waals surface area contributed by atoms with E-state index < -0.39 is 0 Å². The van der Waals surface area contributed by atoms with Crippen molar-refractivity contribution >= 4 is 23.2 Å². The molecule has 3 heteroatoms. The highest BCUT2D eigenvalue weighted by atomic mass is 35.5. The Hall–Kier alpha value is -0.140. The molecule has 0 radical (unpaired) electrons. The van der Waals surface area contributed by atoms with Crippen LogP contribution < -0.4 is 0 Å². The number of alkyl halides is 1. The predicted molar refractivity (Wildman–Crippen MR) is 38.9 cm³/mol. The molecule has 1 aliphatic rings. The quantitative estimate of drug-likeness (QED) is 0.547. The van der Waals surface area contributed by atoms with E-state index in [1.54, 1.807) is 6.08 Å². The van der Waals surface area contributed by atoms with Gasteiger partial charge in [0.15, 0.2) is 0 Å². The molecule has 0 bridgehead atoms. The van der Waals surface area contributed by atoms with Crippen molar-refractivity contribution in [3.05, 3.63) is 22.9 Å². The first-order valence-corrected chi connectivity index (χ1v) is 3.41. The fourth-order valence-electron chi connectivity index (χ4n) is 0.624. The Labute approximate surface area is 63.6 Å². The molecule has 0 spiro atoms. The number of hydrogen-bond donors (Lipinski definition) is 1. The number of halogens is 2. The molecule has 1 atom stereocenters. The van der Waals surface area contributed by atoms with E-state index in [4.69, 9.17) is 28.3 Å². The van der Waals surface area contributed by atoms with Gasteiger partial charge in [-0.1, -0.05) is 11.6 Å². The maximum absolute atomic E-state index is 8.92. The Bertz CT molecular complexity index is 172. The molecule has 1 aliphatic carbocycles. The van der Waals surface area contributed by atoms with E-state index in [1.165, 1.54) is 6.08 Å². The largest absolute Gasteiger partial charge is 0.511 e. The molecule has 0 heterocycles. The molecule has 0 aromatic carbocycles. The lowest BCUT2D eigenvalue weighted by molar-refractivity contribution is 0.389. The van der Waals surface area contributed by atoms with Crippen LogP contribution in [0.25, 0.3) is 0 Å². The number of aliphatic hydroxyl groups excluding tert-OH is 1. The Morgan fingerprint density at radius 2 is 2.22 bits per heavy atom. The highest BCUT2D eigenvalue weighted by molar-refractivity contribution is 6.31. The summed E-state index contributed by atoms with van der Waals surface area (Å²) in [5, 5.41) is 9.28. The lowest BCUT2D eigenvalue weighted by Gasteiger charge is -2.10. The molecule has 1 nitrogen and oxygen atoms in total. The van der Waals surface area contributed by atoms with E-state index in [0.717, 1.165) is 0 Å². The van der Waals surface area contributed by atoms with E-state index in [9.17, 15) is 0 Å². The zero-order chi connectivity index (χ0) is 6.85. The summed E-state index contributed by atoms with van der Waals surface area (Å²) in [6, 6.07) is 0. The molecule has 1 unspecified atom stereocenters. The first-order chi connectivity index (χ1) is 4.20. The van der Waals surface area contributed by atoms with Gasteiger partial charge in [-0.25, -0.2) is 0 Å². The third-order valence-corrected chi connectivity index (χ3v) is 1.79. The highest BCUT2D eigenvalue weighted by Crippen LogP contribution is 2.23.